The monoisotopic (exact) mass is 409 g/mol. The number of rotatable bonds is 6. The number of carbonyl (C=O) groups excluding carboxylic acids is 1. The number of hydrogen-bond donors (Lipinski definition) is 1. The van der Waals surface area contributed by atoms with E-state index < -0.39 is 0 Å². The number of nitrogens with zero attached hydrogens (tertiary/aromatic N) is 2. The molecule has 2 aromatic heterocycles. The van der Waals surface area contributed by atoms with Crippen molar-refractivity contribution in [3.8, 4) is 11.5 Å². The number of thiazole rings is 1. The molecule has 0 atom stereocenters. The maximum absolute atomic E-state index is 12.3. The summed E-state index contributed by atoms with van der Waals surface area (Å²) in [5, 5.41) is 4.09. The maximum Gasteiger partial charge on any atom is 0.232 e. The molecule has 140 valence electrons. The van der Waals surface area contributed by atoms with Crippen molar-refractivity contribution in [2.24, 2.45) is 0 Å². The number of anilines is 1. The van der Waals surface area contributed by atoms with Crippen LogP contribution >= 0.6 is 22.9 Å². The van der Waals surface area contributed by atoms with E-state index in [0.717, 1.165) is 21.0 Å². The summed E-state index contributed by atoms with van der Waals surface area (Å²) >= 11 is 7.63. The molecule has 0 aliphatic heterocycles. The second-order valence-electron chi connectivity index (χ2n) is 6.13. The first-order valence-corrected chi connectivity index (χ1v) is 9.84. The van der Waals surface area contributed by atoms with Gasteiger partial charge in [0.1, 0.15) is 6.26 Å². The van der Waals surface area contributed by atoms with Gasteiger partial charge in [-0.3, -0.25) is 4.79 Å². The number of amides is 1. The van der Waals surface area contributed by atoms with E-state index in [0.29, 0.717) is 23.1 Å². The van der Waals surface area contributed by atoms with Crippen molar-refractivity contribution in [3.05, 3.63) is 88.2 Å². The quantitative estimate of drug-likeness (QED) is 0.473. The molecule has 0 saturated heterocycles. The summed E-state index contributed by atoms with van der Waals surface area (Å²) in [6.07, 6.45) is 4.06. The van der Waals surface area contributed by atoms with Crippen LogP contribution < -0.4 is 5.32 Å². The van der Waals surface area contributed by atoms with Gasteiger partial charge in [-0.15, -0.1) is 11.3 Å². The minimum absolute atomic E-state index is 0.121. The Morgan fingerprint density at radius 1 is 1.11 bits per heavy atom. The normalized spacial score (nSPS) is 10.8. The van der Waals surface area contributed by atoms with Crippen LogP contribution in [0.1, 0.15) is 16.1 Å². The Morgan fingerprint density at radius 2 is 1.89 bits per heavy atom. The first-order chi connectivity index (χ1) is 13.7. The fraction of sp³-hybridized carbons (Fsp3) is 0.0952. The maximum atomic E-state index is 12.3. The molecular formula is C21H16ClN3O2S. The van der Waals surface area contributed by atoms with Crippen molar-refractivity contribution in [2.75, 3.05) is 5.32 Å². The third kappa shape index (κ3) is 4.47. The zero-order valence-electron chi connectivity index (χ0n) is 14.8. The topological polar surface area (TPSA) is 68.0 Å². The molecular weight excluding hydrogens is 394 g/mol. The van der Waals surface area contributed by atoms with E-state index in [1.54, 1.807) is 6.20 Å². The van der Waals surface area contributed by atoms with Gasteiger partial charge in [0, 0.05) is 28.1 Å². The Kier molecular flexibility index (Phi) is 5.50. The van der Waals surface area contributed by atoms with Crippen LogP contribution in [0.25, 0.3) is 11.5 Å². The molecule has 7 heteroatoms. The number of aromatic nitrogens is 2. The second-order valence-corrected chi connectivity index (χ2v) is 7.66. The molecule has 0 spiro atoms. The van der Waals surface area contributed by atoms with Crippen LogP contribution in [0.3, 0.4) is 0 Å². The van der Waals surface area contributed by atoms with Crippen LogP contribution in [0, 0.1) is 0 Å². The molecule has 0 saturated carbocycles. The molecule has 4 aromatic rings. The van der Waals surface area contributed by atoms with Gasteiger partial charge >= 0.3 is 0 Å². The van der Waals surface area contributed by atoms with Crippen molar-refractivity contribution in [1.29, 1.82) is 0 Å². The second kappa shape index (κ2) is 8.37. The van der Waals surface area contributed by atoms with Gasteiger partial charge in [-0.1, -0.05) is 48.0 Å². The molecule has 28 heavy (non-hydrogen) atoms. The van der Waals surface area contributed by atoms with Crippen LogP contribution in [0.5, 0.6) is 0 Å². The zero-order valence-corrected chi connectivity index (χ0v) is 16.3. The van der Waals surface area contributed by atoms with Gasteiger partial charge in [0.25, 0.3) is 0 Å². The molecule has 2 heterocycles. The van der Waals surface area contributed by atoms with Gasteiger partial charge in [0.2, 0.25) is 11.8 Å². The third-order valence-electron chi connectivity index (χ3n) is 4.04. The molecule has 0 bridgehead atoms. The van der Waals surface area contributed by atoms with Crippen LogP contribution in [0.15, 0.2) is 71.5 Å². The molecule has 0 aliphatic carbocycles. The van der Waals surface area contributed by atoms with Gasteiger partial charge in [-0.25, -0.2) is 9.97 Å². The van der Waals surface area contributed by atoms with E-state index in [2.05, 4.69) is 15.3 Å². The van der Waals surface area contributed by atoms with Crippen molar-refractivity contribution < 1.29 is 9.21 Å². The SMILES string of the molecule is O=C(Cc1coc(-c2ccccc2)n1)Nc1ncc(Cc2ccccc2Cl)s1. The lowest BCUT2D eigenvalue weighted by molar-refractivity contribution is -0.115. The van der Waals surface area contributed by atoms with Crippen molar-refractivity contribution in [3.63, 3.8) is 0 Å². The Hall–Kier alpha value is -2.96. The summed E-state index contributed by atoms with van der Waals surface area (Å²) in [6, 6.07) is 17.3. The largest absolute Gasteiger partial charge is 0.444 e. The lowest BCUT2D eigenvalue weighted by atomic mass is 10.1. The zero-order chi connectivity index (χ0) is 19.3. The Balaban J connectivity index is 1.36. The minimum Gasteiger partial charge on any atom is -0.444 e. The molecule has 4 rings (SSSR count). The molecule has 0 radical (unpaired) electrons. The van der Waals surface area contributed by atoms with Crippen molar-refractivity contribution in [2.45, 2.75) is 12.8 Å². The van der Waals surface area contributed by atoms with Crippen LogP contribution in [-0.4, -0.2) is 15.9 Å². The standard InChI is InChI=1S/C21H16ClN3O2S/c22-18-9-5-4-8-15(18)10-17-12-23-21(28-17)25-19(26)11-16-13-27-20(24-16)14-6-2-1-3-7-14/h1-9,12-13H,10-11H2,(H,23,25,26). The molecule has 0 unspecified atom stereocenters. The number of carbonyl (C=O) groups is 1. The van der Waals surface area contributed by atoms with Gasteiger partial charge in [0.05, 0.1) is 12.1 Å². The molecule has 2 aromatic carbocycles. The van der Waals surface area contributed by atoms with E-state index in [1.807, 2.05) is 54.6 Å². The van der Waals surface area contributed by atoms with E-state index in [4.69, 9.17) is 16.0 Å². The highest BCUT2D eigenvalue weighted by atomic mass is 35.5. The van der Waals surface area contributed by atoms with Crippen LogP contribution in [0.2, 0.25) is 5.02 Å². The number of benzene rings is 2. The lowest BCUT2D eigenvalue weighted by Crippen LogP contribution is -2.14. The Morgan fingerprint density at radius 3 is 2.71 bits per heavy atom. The van der Waals surface area contributed by atoms with Crippen LogP contribution in [0.4, 0.5) is 5.13 Å². The van der Waals surface area contributed by atoms with Crippen LogP contribution in [-0.2, 0) is 17.6 Å². The fourth-order valence-electron chi connectivity index (χ4n) is 2.71. The minimum atomic E-state index is -0.188. The lowest BCUT2D eigenvalue weighted by Gasteiger charge is -2.01. The Bertz CT molecular complexity index is 1090. The van der Waals surface area contributed by atoms with Gasteiger partial charge in [-0.2, -0.15) is 0 Å². The Labute approximate surface area is 171 Å². The highest BCUT2D eigenvalue weighted by Gasteiger charge is 2.12. The number of halogens is 1. The fourth-order valence-corrected chi connectivity index (χ4v) is 3.76. The average molecular weight is 410 g/mol. The summed E-state index contributed by atoms with van der Waals surface area (Å²) in [5.74, 6) is 0.311. The molecule has 5 nitrogen and oxygen atoms in total. The molecule has 1 amide bonds. The predicted octanol–water partition coefficient (Wildman–Crippen LogP) is 5.22. The first-order valence-electron chi connectivity index (χ1n) is 8.65. The summed E-state index contributed by atoms with van der Waals surface area (Å²) in [4.78, 5) is 22.0. The van der Waals surface area contributed by atoms with Crippen molar-refractivity contribution >= 4 is 34.0 Å². The number of hydrogen-bond acceptors (Lipinski definition) is 5. The third-order valence-corrected chi connectivity index (χ3v) is 5.32. The van der Waals surface area contributed by atoms with E-state index in [-0.39, 0.29) is 12.3 Å². The van der Waals surface area contributed by atoms with E-state index in [1.165, 1.54) is 17.6 Å². The number of oxazole rings is 1. The molecule has 0 fully saturated rings. The summed E-state index contributed by atoms with van der Waals surface area (Å²) in [7, 11) is 0. The summed E-state index contributed by atoms with van der Waals surface area (Å²) in [6.45, 7) is 0. The molecule has 1 N–H and O–H groups in total. The summed E-state index contributed by atoms with van der Waals surface area (Å²) < 4.78 is 5.47. The smallest absolute Gasteiger partial charge is 0.232 e. The van der Waals surface area contributed by atoms with E-state index >= 15 is 0 Å². The summed E-state index contributed by atoms with van der Waals surface area (Å²) in [5.41, 5.74) is 2.48. The van der Waals surface area contributed by atoms with Crippen molar-refractivity contribution in [1.82, 2.24) is 9.97 Å². The van der Waals surface area contributed by atoms with E-state index in [9.17, 15) is 4.79 Å². The number of nitrogens with one attached hydrogen (secondary N) is 1. The predicted molar refractivity (Wildman–Crippen MR) is 111 cm³/mol. The average Bonchev–Trinajstić information content (AvgIpc) is 3.34. The van der Waals surface area contributed by atoms with Gasteiger partial charge < -0.3 is 9.73 Å². The van der Waals surface area contributed by atoms with Gasteiger partial charge in [-0.05, 0) is 23.8 Å². The highest BCUT2D eigenvalue weighted by molar-refractivity contribution is 7.15. The first kappa shape index (κ1) is 18.4. The highest BCUT2D eigenvalue weighted by Crippen LogP contribution is 2.25. The van der Waals surface area contributed by atoms with Gasteiger partial charge in [0.15, 0.2) is 5.13 Å². The molecule has 0 aliphatic rings.